The Kier molecular flexibility index (Phi) is 6.24. The minimum atomic E-state index is -4.46. The largest absolute Gasteiger partial charge is 0.417 e. The number of pyridine rings is 1. The molecule has 0 spiro atoms. The zero-order valence-corrected chi connectivity index (χ0v) is 16.0. The first-order chi connectivity index (χ1) is 13.4. The van der Waals surface area contributed by atoms with Gasteiger partial charge >= 0.3 is 6.18 Å². The second-order valence-electron chi connectivity index (χ2n) is 6.23. The third-order valence-corrected chi connectivity index (χ3v) is 5.15. The Morgan fingerprint density at radius 2 is 1.82 bits per heavy atom. The third-order valence-electron chi connectivity index (χ3n) is 4.16. The van der Waals surface area contributed by atoms with Gasteiger partial charge in [0.2, 0.25) is 0 Å². The second-order valence-corrected chi connectivity index (χ2v) is 7.29. The second kappa shape index (κ2) is 8.65. The summed E-state index contributed by atoms with van der Waals surface area (Å²) in [6.45, 7) is 2.58. The van der Waals surface area contributed by atoms with E-state index in [9.17, 15) is 18.0 Å². The van der Waals surface area contributed by atoms with Gasteiger partial charge in [0, 0.05) is 16.8 Å². The molecule has 1 aromatic heterocycles. The molecular weight excluding hydrogens is 385 g/mol. The SMILES string of the molecule is CCCCNC(=O)c1cc(Sc2ccccc2C(F)(F)F)nc2ccccc12. The zero-order chi connectivity index (χ0) is 20.1. The van der Waals surface area contributed by atoms with Gasteiger partial charge in [0.15, 0.2) is 0 Å². The lowest BCUT2D eigenvalue weighted by atomic mass is 10.1. The highest BCUT2D eigenvalue weighted by Crippen LogP contribution is 2.39. The van der Waals surface area contributed by atoms with E-state index < -0.39 is 11.7 Å². The number of hydrogen-bond donors (Lipinski definition) is 1. The van der Waals surface area contributed by atoms with E-state index in [0.29, 0.717) is 28.0 Å². The van der Waals surface area contributed by atoms with E-state index in [1.165, 1.54) is 12.1 Å². The van der Waals surface area contributed by atoms with E-state index in [1.807, 2.05) is 6.92 Å². The Balaban J connectivity index is 2.00. The molecule has 0 aliphatic carbocycles. The number of carbonyl (C=O) groups excluding carboxylic acids is 1. The molecule has 2 aromatic carbocycles. The van der Waals surface area contributed by atoms with Crippen LogP contribution in [-0.4, -0.2) is 17.4 Å². The highest BCUT2D eigenvalue weighted by molar-refractivity contribution is 7.99. The van der Waals surface area contributed by atoms with Crippen LogP contribution in [0.15, 0.2) is 64.5 Å². The van der Waals surface area contributed by atoms with Crippen molar-refractivity contribution in [2.24, 2.45) is 0 Å². The van der Waals surface area contributed by atoms with Gasteiger partial charge in [-0.2, -0.15) is 13.2 Å². The van der Waals surface area contributed by atoms with Crippen LogP contribution in [0.25, 0.3) is 10.9 Å². The van der Waals surface area contributed by atoms with Gasteiger partial charge in [0.25, 0.3) is 5.91 Å². The molecule has 7 heteroatoms. The van der Waals surface area contributed by atoms with Crippen LogP contribution in [-0.2, 0) is 6.18 Å². The van der Waals surface area contributed by atoms with E-state index in [-0.39, 0.29) is 10.8 Å². The number of nitrogens with one attached hydrogen (secondary N) is 1. The molecule has 0 fully saturated rings. The Bertz CT molecular complexity index is 989. The van der Waals surface area contributed by atoms with Crippen molar-refractivity contribution < 1.29 is 18.0 Å². The van der Waals surface area contributed by atoms with Crippen molar-refractivity contribution in [1.29, 1.82) is 0 Å². The number of carbonyl (C=O) groups is 1. The van der Waals surface area contributed by atoms with Crippen molar-refractivity contribution in [1.82, 2.24) is 10.3 Å². The first-order valence-corrected chi connectivity index (χ1v) is 9.74. The lowest BCUT2D eigenvalue weighted by molar-refractivity contribution is -0.139. The molecule has 0 radical (unpaired) electrons. The van der Waals surface area contributed by atoms with Crippen LogP contribution in [0.3, 0.4) is 0 Å². The number of hydrogen-bond acceptors (Lipinski definition) is 3. The Morgan fingerprint density at radius 1 is 1.11 bits per heavy atom. The van der Waals surface area contributed by atoms with Gasteiger partial charge in [0.1, 0.15) is 5.03 Å². The Hall–Kier alpha value is -2.54. The molecule has 0 saturated carbocycles. The van der Waals surface area contributed by atoms with E-state index in [1.54, 1.807) is 36.4 Å². The summed E-state index contributed by atoms with van der Waals surface area (Å²) in [4.78, 5) is 17.1. The summed E-state index contributed by atoms with van der Waals surface area (Å²) in [6, 6.07) is 14.0. The topological polar surface area (TPSA) is 42.0 Å². The summed E-state index contributed by atoms with van der Waals surface area (Å²) in [6.07, 6.45) is -2.65. The maximum atomic E-state index is 13.3. The molecule has 0 aliphatic heterocycles. The number of fused-ring (bicyclic) bond motifs is 1. The van der Waals surface area contributed by atoms with E-state index in [0.717, 1.165) is 30.7 Å². The quantitative estimate of drug-likeness (QED) is 0.518. The number of para-hydroxylation sites is 1. The fraction of sp³-hybridized carbons (Fsp3) is 0.238. The number of amides is 1. The summed E-state index contributed by atoms with van der Waals surface area (Å²) < 4.78 is 39.9. The van der Waals surface area contributed by atoms with Crippen LogP contribution in [0.5, 0.6) is 0 Å². The normalized spacial score (nSPS) is 11.6. The molecule has 3 aromatic rings. The lowest BCUT2D eigenvalue weighted by Gasteiger charge is -2.13. The third kappa shape index (κ3) is 4.65. The number of halogens is 3. The molecule has 1 N–H and O–H groups in total. The molecule has 0 aliphatic rings. The first-order valence-electron chi connectivity index (χ1n) is 8.92. The van der Waals surface area contributed by atoms with Crippen LogP contribution in [0.4, 0.5) is 13.2 Å². The molecule has 1 amide bonds. The minimum Gasteiger partial charge on any atom is -0.352 e. The molecule has 28 heavy (non-hydrogen) atoms. The van der Waals surface area contributed by atoms with Gasteiger partial charge < -0.3 is 5.32 Å². The number of nitrogens with zero attached hydrogens (tertiary/aromatic N) is 1. The number of rotatable bonds is 6. The summed E-state index contributed by atoms with van der Waals surface area (Å²) in [5.74, 6) is -0.252. The van der Waals surface area contributed by atoms with Crippen molar-refractivity contribution >= 4 is 28.6 Å². The minimum absolute atomic E-state index is 0.0510. The fourth-order valence-corrected chi connectivity index (χ4v) is 3.75. The molecular formula is C21H19F3N2OS. The molecule has 3 nitrogen and oxygen atoms in total. The van der Waals surface area contributed by atoms with E-state index in [2.05, 4.69) is 10.3 Å². The standard InChI is InChI=1S/C21H19F3N2OS/c1-2-3-12-25-20(27)15-13-19(26-17-10-6-4-8-14(15)17)28-18-11-7-5-9-16(18)21(22,23)24/h4-11,13H,2-3,12H2,1H3,(H,25,27). The molecule has 0 unspecified atom stereocenters. The van der Waals surface area contributed by atoms with Crippen LogP contribution in [0.1, 0.15) is 35.7 Å². The highest BCUT2D eigenvalue weighted by Gasteiger charge is 2.33. The predicted molar refractivity (Wildman–Crippen MR) is 105 cm³/mol. The Morgan fingerprint density at radius 3 is 2.57 bits per heavy atom. The lowest BCUT2D eigenvalue weighted by Crippen LogP contribution is -2.24. The summed E-state index contributed by atoms with van der Waals surface area (Å²) in [5, 5.41) is 3.88. The van der Waals surface area contributed by atoms with Crippen molar-refractivity contribution in [3.8, 4) is 0 Å². The van der Waals surface area contributed by atoms with Gasteiger partial charge in [-0.25, -0.2) is 4.98 Å². The summed E-state index contributed by atoms with van der Waals surface area (Å²) in [7, 11) is 0. The molecule has 0 atom stereocenters. The highest BCUT2D eigenvalue weighted by atomic mass is 32.2. The van der Waals surface area contributed by atoms with Gasteiger partial charge in [0.05, 0.1) is 16.6 Å². The molecule has 3 rings (SSSR count). The van der Waals surface area contributed by atoms with Crippen molar-refractivity contribution in [3.63, 3.8) is 0 Å². The van der Waals surface area contributed by atoms with Gasteiger partial charge in [-0.1, -0.05) is 55.4 Å². The van der Waals surface area contributed by atoms with Gasteiger partial charge in [-0.05, 0) is 30.7 Å². The smallest absolute Gasteiger partial charge is 0.352 e. The maximum absolute atomic E-state index is 13.3. The predicted octanol–water partition coefficient (Wildman–Crippen LogP) is 5.93. The van der Waals surface area contributed by atoms with Crippen molar-refractivity contribution in [3.05, 3.63) is 65.7 Å². The average molecular weight is 404 g/mol. The van der Waals surface area contributed by atoms with Gasteiger partial charge in [-0.3, -0.25) is 4.79 Å². The molecule has 1 heterocycles. The molecule has 0 bridgehead atoms. The zero-order valence-electron chi connectivity index (χ0n) is 15.2. The van der Waals surface area contributed by atoms with E-state index >= 15 is 0 Å². The van der Waals surface area contributed by atoms with Gasteiger partial charge in [-0.15, -0.1) is 0 Å². The van der Waals surface area contributed by atoms with Crippen molar-refractivity contribution in [2.45, 2.75) is 35.9 Å². The van der Waals surface area contributed by atoms with Crippen LogP contribution < -0.4 is 5.32 Å². The average Bonchev–Trinajstić information content (AvgIpc) is 2.67. The number of benzene rings is 2. The summed E-state index contributed by atoms with van der Waals surface area (Å²) >= 11 is 0.905. The van der Waals surface area contributed by atoms with Crippen LogP contribution >= 0.6 is 11.8 Å². The number of unbranched alkanes of at least 4 members (excludes halogenated alkanes) is 1. The first kappa shape index (κ1) is 20.2. The Labute approximate surface area is 165 Å². The van der Waals surface area contributed by atoms with Crippen LogP contribution in [0, 0.1) is 0 Å². The van der Waals surface area contributed by atoms with E-state index in [4.69, 9.17) is 0 Å². The monoisotopic (exact) mass is 404 g/mol. The van der Waals surface area contributed by atoms with Crippen molar-refractivity contribution in [2.75, 3.05) is 6.54 Å². The number of alkyl halides is 3. The maximum Gasteiger partial charge on any atom is 0.417 e. The fourth-order valence-electron chi connectivity index (χ4n) is 2.77. The summed E-state index contributed by atoms with van der Waals surface area (Å²) in [5.41, 5.74) is 0.259. The number of aromatic nitrogens is 1. The molecule has 0 saturated heterocycles. The molecule has 146 valence electrons. The van der Waals surface area contributed by atoms with Crippen LogP contribution in [0.2, 0.25) is 0 Å².